The Balaban J connectivity index is 2.08. The van der Waals surface area contributed by atoms with Gasteiger partial charge in [-0.3, -0.25) is 4.98 Å². The van der Waals surface area contributed by atoms with E-state index in [-0.39, 0.29) is 5.82 Å². The lowest BCUT2D eigenvalue weighted by Crippen LogP contribution is -1.85. The average Bonchev–Trinajstić information content (AvgIpc) is 2.82. The number of aryl methyl sites for hydroxylation is 2. The largest absolute Gasteiger partial charge is 0.441 e. The first-order chi connectivity index (χ1) is 9.65. The van der Waals surface area contributed by atoms with E-state index >= 15 is 0 Å². The molecule has 0 aliphatic rings. The summed E-state index contributed by atoms with van der Waals surface area (Å²) in [6, 6.07) is 8.13. The van der Waals surface area contributed by atoms with Crippen molar-refractivity contribution in [2.45, 2.75) is 13.8 Å². The molecule has 0 aliphatic carbocycles. The number of oxazole rings is 1. The van der Waals surface area contributed by atoms with Crippen molar-refractivity contribution in [3.63, 3.8) is 0 Å². The Morgan fingerprint density at radius 2 is 1.80 bits per heavy atom. The van der Waals surface area contributed by atoms with E-state index in [0.717, 1.165) is 22.4 Å². The van der Waals surface area contributed by atoms with Gasteiger partial charge >= 0.3 is 0 Å². The molecule has 0 atom stereocenters. The van der Waals surface area contributed by atoms with E-state index in [0.29, 0.717) is 11.7 Å². The van der Waals surface area contributed by atoms with Crippen LogP contribution >= 0.6 is 0 Å². The molecule has 3 aromatic rings. The zero-order valence-electron chi connectivity index (χ0n) is 11.2. The smallest absolute Gasteiger partial charge is 0.228 e. The van der Waals surface area contributed by atoms with E-state index < -0.39 is 0 Å². The SMILES string of the molecule is Cc1ccncc1-c1nc(-c2ccc(F)cc2)c(C)o1. The highest BCUT2D eigenvalue weighted by Crippen LogP contribution is 2.29. The summed E-state index contributed by atoms with van der Waals surface area (Å²) in [5.74, 6) is 0.973. The van der Waals surface area contributed by atoms with Crippen molar-refractivity contribution in [1.29, 1.82) is 0 Å². The molecule has 0 aliphatic heterocycles. The maximum absolute atomic E-state index is 13.0. The molecule has 20 heavy (non-hydrogen) atoms. The van der Waals surface area contributed by atoms with Crippen LogP contribution in [0.3, 0.4) is 0 Å². The molecule has 1 aromatic carbocycles. The topological polar surface area (TPSA) is 38.9 Å². The number of benzene rings is 1. The van der Waals surface area contributed by atoms with Gasteiger partial charge in [0.25, 0.3) is 0 Å². The number of halogens is 1. The fourth-order valence-corrected chi connectivity index (χ4v) is 2.08. The second-order valence-electron chi connectivity index (χ2n) is 4.62. The third-order valence-corrected chi connectivity index (χ3v) is 3.18. The molecule has 3 nitrogen and oxygen atoms in total. The number of nitrogens with zero attached hydrogens (tertiary/aromatic N) is 2. The highest BCUT2D eigenvalue weighted by atomic mass is 19.1. The molecule has 0 bridgehead atoms. The predicted molar refractivity (Wildman–Crippen MR) is 74.6 cm³/mol. The number of hydrogen-bond acceptors (Lipinski definition) is 3. The quantitative estimate of drug-likeness (QED) is 0.700. The van der Waals surface area contributed by atoms with Gasteiger partial charge in [0, 0.05) is 18.0 Å². The zero-order chi connectivity index (χ0) is 14.1. The van der Waals surface area contributed by atoms with Crippen molar-refractivity contribution in [3.8, 4) is 22.7 Å². The lowest BCUT2D eigenvalue weighted by molar-refractivity contribution is 0.542. The van der Waals surface area contributed by atoms with Gasteiger partial charge in [-0.15, -0.1) is 0 Å². The minimum atomic E-state index is -0.266. The summed E-state index contributed by atoms with van der Waals surface area (Å²) in [6.45, 7) is 3.83. The molecular formula is C16H13FN2O. The molecule has 0 unspecified atom stereocenters. The predicted octanol–water partition coefficient (Wildman–Crippen LogP) is 4.16. The summed E-state index contributed by atoms with van der Waals surface area (Å²) in [4.78, 5) is 8.61. The molecule has 2 aromatic heterocycles. The summed E-state index contributed by atoms with van der Waals surface area (Å²) in [6.07, 6.45) is 3.46. The maximum Gasteiger partial charge on any atom is 0.228 e. The van der Waals surface area contributed by atoms with E-state index in [1.54, 1.807) is 24.5 Å². The third-order valence-electron chi connectivity index (χ3n) is 3.18. The number of rotatable bonds is 2. The van der Waals surface area contributed by atoms with Crippen LogP contribution in [-0.4, -0.2) is 9.97 Å². The monoisotopic (exact) mass is 268 g/mol. The van der Waals surface area contributed by atoms with Crippen LogP contribution in [0.2, 0.25) is 0 Å². The summed E-state index contributed by atoms with van der Waals surface area (Å²) in [7, 11) is 0. The fraction of sp³-hybridized carbons (Fsp3) is 0.125. The Morgan fingerprint density at radius 1 is 1.05 bits per heavy atom. The normalized spacial score (nSPS) is 10.8. The summed E-state index contributed by atoms with van der Waals surface area (Å²) >= 11 is 0. The minimum Gasteiger partial charge on any atom is -0.441 e. The molecule has 4 heteroatoms. The molecule has 0 saturated heterocycles. The summed E-state index contributed by atoms with van der Waals surface area (Å²) in [5, 5.41) is 0. The van der Waals surface area contributed by atoms with Gasteiger partial charge in [-0.05, 0) is 49.7 Å². The van der Waals surface area contributed by atoms with Crippen molar-refractivity contribution >= 4 is 0 Å². The van der Waals surface area contributed by atoms with Crippen molar-refractivity contribution in [2.24, 2.45) is 0 Å². The highest BCUT2D eigenvalue weighted by Gasteiger charge is 2.14. The molecule has 2 heterocycles. The van der Waals surface area contributed by atoms with Gasteiger partial charge in [-0.25, -0.2) is 9.37 Å². The van der Waals surface area contributed by atoms with E-state index in [9.17, 15) is 4.39 Å². The second kappa shape index (κ2) is 4.89. The van der Waals surface area contributed by atoms with Gasteiger partial charge < -0.3 is 4.42 Å². The second-order valence-corrected chi connectivity index (χ2v) is 4.62. The van der Waals surface area contributed by atoms with Crippen LogP contribution in [0.1, 0.15) is 11.3 Å². The Bertz CT molecular complexity index is 747. The van der Waals surface area contributed by atoms with E-state index in [1.165, 1.54) is 12.1 Å². The van der Waals surface area contributed by atoms with Crippen molar-refractivity contribution in [2.75, 3.05) is 0 Å². The Kier molecular flexibility index (Phi) is 3.06. The maximum atomic E-state index is 13.0. The summed E-state index contributed by atoms with van der Waals surface area (Å²) in [5.41, 5.74) is 3.47. The van der Waals surface area contributed by atoms with Crippen molar-refractivity contribution in [1.82, 2.24) is 9.97 Å². The molecule has 0 saturated carbocycles. The molecule has 100 valence electrons. The van der Waals surface area contributed by atoms with Gasteiger partial charge in [-0.2, -0.15) is 0 Å². The third kappa shape index (κ3) is 2.20. The number of aromatic nitrogens is 2. The van der Waals surface area contributed by atoms with Crippen LogP contribution in [0, 0.1) is 19.7 Å². The number of hydrogen-bond donors (Lipinski definition) is 0. The minimum absolute atomic E-state index is 0.266. The highest BCUT2D eigenvalue weighted by molar-refractivity contribution is 5.66. The lowest BCUT2D eigenvalue weighted by atomic mass is 10.1. The first-order valence-electron chi connectivity index (χ1n) is 6.29. The van der Waals surface area contributed by atoms with Gasteiger partial charge in [0.15, 0.2) is 0 Å². The Morgan fingerprint density at radius 3 is 2.50 bits per heavy atom. The zero-order valence-corrected chi connectivity index (χ0v) is 11.2. The molecule has 0 spiro atoms. The van der Waals surface area contributed by atoms with Crippen LogP contribution in [-0.2, 0) is 0 Å². The van der Waals surface area contributed by atoms with Crippen LogP contribution in [0.5, 0.6) is 0 Å². The van der Waals surface area contributed by atoms with E-state index in [1.807, 2.05) is 19.9 Å². The fourth-order valence-electron chi connectivity index (χ4n) is 2.08. The van der Waals surface area contributed by atoms with E-state index in [2.05, 4.69) is 9.97 Å². The van der Waals surface area contributed by atoms with Crippen molar-refractivity contribution in [3.05, 3.63) is 59.9 Å². The first-order valence-corrected chi connectivity index (χ1v) is 6.29. The Labute approximate surface area is 116 Å². The van der Waals surface area contributed by atoms with Crippen molar-refractivity contribution < 1.29 is 8.81 Å². The van der Waals surface area contributed by atoms with Gasteiger partial charge in [-0.1, -0.05) is 0 Å². The average molecular weight is 268 g/mol. The van der Waals surface area contributed by atoms with Gasteiger partial charge in [0.05, 0.1) is 5.56 Å². The molecule has 0 amide bonds. The Hall–Kier alpha value is -2.49. The molecule has 0 radical (unpaired) electrons. The number of pyridine rings is 1. The first kappa shape index (κ1) is 12.5. The van der Waals surface area contributed by atoms with Crippen LogP contribution in [0.15, 0.2) is 47.1 Å². The molecule has 3 rings (SSSR count). The molecule has 0 N–H and O–H groups in total. The van der Waals surface area contributed by atoms with Crippen LogP contribution in [0.25, 0.3) is 22.7 Å². The van der Waals surface area contributed by atoms with Gasteiger partial charge in [0.1, 0.15) is 17.3 Å². The standard InChI is InChI=1S/C16H13FN2O/c1-10-7-8-18-9-14(10)16-19-15(11(2)20-16)12-3-5-13(17)6-4-12/h3-9H,1-2H3. The summed E-state index contributed by atoms with van der Waals surface area (Å²) < 4.78 is 18.7. The van der Waals surface area contributed by atoms with Crippen LogP contribution in [0.4, 0.5) is 4.39 Å². The van der Waals surface area contributed by atoms with Gasteiger partial charge in [0.2, 0.25) is 5.89 Å². The molecular weight excluding hydrogens is 255 g/mol. The van der Waals surface area contributed by atoms with E-state index in [4.69, 9.17) is 4.42 Å². The molecule has 0 fully saturated rings. The van der Waals surface area contributed by atoms with Crippen LogP contribution < -0.4 is 0 Å². The lowest BCUT2D eigenvalue weighted by Gasteiger charge is -1.98.